The van der Waals surface area contributed by atoms with Crippen LogP contribution in [0.2, 0.25) is 0 Å². The van der Waals surface area contributed by atoms with Crippen molar-refractivity contribution >= 4 is 5.97 Å². The van der Waals surface area contributed by atoms with E-state index in [0.717, 1.165) is 6.42 Å². The maximum atomic E-state index is 11.1. The quantitative estimate of drug-likeness (QED) is 0.730. The Balaban J connectivity index is 2.14. The predicted octanol–water partition coefficient (Wildman–Crippen LogP) is 0.927. The van der Waals surface area contributed by atoms with E-state index < -0.39 is 0 Å². The van der Waals surface area contributed by atoms with Crippen molar-refractivity contribution < 1.29 is 19.0 Å². The van der Waals surface area contributed by atoms with Crippen molar-refractivity contribution in [3.05, 3.63) is 0 Å². The Labute approximate surface area is 103 Å². The second kappa shape index (κ2) is 6.33. The summed E-state index contributed by atoms with van der Waals surface area (Å²) in [5, 5.41) is 3.07. The standard InChI is InChI=1S/C12H23NO4/c1-9(11(14)15-4)13-6-5-10-16-7-12(2,3)8-17-10/h9-10,13H,5-8H2,1-4H3. The summed E-state index contributed by atoms with van der Waals surface area (Å²) in [6, 6.07) is -0.292. The Morgan fingerprint density at radius 3 is 2.59 bits per heavy atom. The lowest BCUT2D eigenvalue weighted by Crippen LogP contribution is -2.41. The molecule has 1 aliphatic heterocycles. The van der Waals surface area contributed by atoms with Crippen LogP contribution in [0.5, 0.6) is 0 Å². The van der Waals surface area contributed by atoms with E-state index in [4.69, 9.17) is 9.47 Å². The zero-order chi connectivity index (χ0) is 12.9. The maximum absolute atomic E-state index is 11.1. The average Bonchev–Trinajstić information content (AvgIpc) is 2.30. The van der Waals surface area contributed by atoms with E-state index in [1.807, 2.05) is 0 Å². The molecule has 1 N–H and O–H groups in total. The van der Waals surface area contributed by atoms with Crippen LogP contribution in [0.25, 0.3) is 0 Å². The van der Waals surface area contributed by atoms with Gasteiger partial charge in [-0.1, -0.05) is 13.8 Å². The van der Waals surface area contributed by atoms with E-state index in [0.29, 0.717) is 19.8 Å². The summed E-state index contributed by atoms with van der Waals surface area (Å²) >= 11 is 0. The van der Waals surface area contributed by atoms with Gasteiger partial charge in [0.1, 0.15) is 6.04 Å². The van der Waals surface area contributed by atoms with Crippen molar-refractivity contribution in [1.29, 1.82) is 0 Å². The van der Waals surface area contributed by atoms with Gasteiger partial charge in [-0.25, -0.2) is 0 Å². The van der Waals surface area contributed by atoms with Gasteiger partial charge < -0.3 is 19.5 Å². The molecule has 5 nitrogen and oxygen atoms in total. The lowest BCUT2D eigenvalue weighted by molar-refractivity contribution is -0.223. The van der Waals surface area contributed by atoms with Crippen molar-refractivity contribution in [1.82, 2.24) is 5.32 Å². The number of nitrogens with one attached hydrogen (secondary N) is 1. The molecule has 0 spiro atoms. The van der Waals surface area contributed by atoms with E-state index in [-0.39, 0.29) is 23.7 Å². The second-order valence-corrected chi connectivity index (χ2v) is 5.20. The molecule has 1 fully saturated rings. The minimum Gasteiger partial charge on any atom is -0.468 e. The number of ether oxygens (including phenoxy) is 3. The van der Waals surface area contributed by atoms with E-state index in [9.17, 15) is 4.79 Å². The van der Waals surface area contributed by atoms with Crippen LogP contribution in [0.15, 0.2) is 0 Å². The molecule has 1 heterocycles. The van der Waals surface area contributed by atoms with Crippen molar-refractivity contribution in [2.24, 2.45) is 5.41 Å². The molecule has 0 aromatic rings. The van der Waals surface area contributed by atoms with Crippen molar-refractivity contribution in [2.75, 3.05) is 26.9 Å². The van der Waals surface area contributed by atoms with Gasteiger partial charge in [0.05, 0.1) is 20.3 Å². The lowest BCUT2D eigenvalue weighted by Gasteiger charge is -2.34. The fourth-order valence-electron chi connectivity index (χ4n) is 1.57. The molecule has 0 saturated carbocycles. The Hall–Kier alpha value is -0.650. The number of esters is 1. The third-order valence-corrected chi connectivity index (χ3v) is 2.71. The van der Waals surface area contributed by atoms with Gasteiger partial charge in [-0.2, -0.15) is 0 Å². The fraction of sp³-hybridized carbons (Fsp3) is 0.917. The molecule has 17 heavy (non-hydrogen) atoms. The zero-order valence-corrected chi connectivity index (χ0v) is 11.1. The summed E-state index contributed by atoms with van der Waals surface area (Å²) in [6.07, 6.45) is 0.567. The number of rotatable bonds is 5. The molecule has 0 aliphatic carbocycles. The molecular weight excluding hydrogens is 222 g/mol. The first-order valence-electron chi connectivity index (χ1n) is 5.99. The second-order valence-electron chi connectivity index (χ2n) is 5.20. The first-order chi connectivity index (χ1) is 7.94. The normalized spacial score (nSPS) is 22.1. The minimum atomic E-state index is -0.292. The summed E-state index contributed by atoms with van der Waals surface area (Å²) in [6.45, 7) is 8.09. The fourth-order valence-corrected chi connectivity index (χ4v) is 1.57. The summed E-state index contributed by atoms with van der Waals surface area (Å²) < 4.78 is 15.8. The highest BCUT2D eigenvalue weighted by molar-refractivity contribution is 5.74. The van der Waals surface area contributed by atoms with Crippen LogP contribution >= 0.6 is 0 Å². The van der Waals surface area contributed by atoms with Crippen LogP contribution in [0.4, 0.5) is 0 Å². The topological polar surface area (TPSA) is 56.8 Å². The number of carbonyl (C=O) groups excluding carboxylic acids is 1. The molecule has 0 aromatic carbocycles. The molecule has 0 aromatic heterocycles. The Kier molecular flexibility index (Phi) is 5.36. The number of hydrogen-bond donors (Lipinski definition) is 1. The molecule has 1 saturated heterocycles. The largest absolute Gasteiger partial charge is 0.468 e. The molecule has 0 amide bonds. The number of carbonyl (C=O) groups is 1. The monoisotopic (exact) mass is 245 g/mol. The van der Waals surface area contributed by atoms with Crippen molar-refractivity contribution in [3.8, 4) is 0 Å². The smallest absolute Gasteiger partial charge is 0.322 e. The molecule has 5 heteroatoms. The number of methoxy groups -OCH3 is 1. The van der Waals surface area contributed by atoms with E-state index in [2.05, 4.69) is 23.9 Å². The average molecular weight is 245 g/mol. The molecule has 1 aliphatic rings. The van der Waals surface area contributed by atoms with Gasteiger partial charge in [0.15, 0.2) is 6.29 Å². The number of hydrogen-bond acceptors (Lipinski definition) is 5. The molecule has 0 radical (unpaired) electrons. The van der Waals surface area contributed by atoms with Crippen LogP contribution in [0.1, 0.15) is 27.2 Å². The summed E-state index contributed by atoms with van der Waals surface area (Å²) in [4.78, 5) is 11.1. The zero-order valence-electron chi connectivity index (χ0n) is 11.1. The summed E-state index contributed by atoms with van der Waals surface area (Å²) in [5.74, 6) is -0.253. The molecular formula is C12H23NO4. The summed E-state index contributed by atoms with van der Waals surface area (Å²) in [5.41, 5.74) is 0.100. The highest BCUT2D eigenvalue weighted by Crippen LogP contribution is 2.23. The highest BCUT2D eigenvalue weighted by Gasteiger charge is 2.28. The van der Waals surface area contributed by atoms with Crippen LogP contribution in [0, 0.1) is 5.41 Å². The van der Waals surface area contributed by atoms with E-state index in [1.165, 1.54) is 7.11 Å². The Morgan fingerprint density at radius 1 is 1.47 bits per heavy atom. The van der Waals surface area contributed by atoms with Gasteiger partial charge in [-0.15, -0.1) is 0 Å². The molecule has 100 valence electrons. The van der Waals surface area contributed by atoms with Crippen LogP contribution in [-0.4, -0.2) is 45.2 Å². The maximum Gasteiger partial charge on any atom is 0.322 e. The van der Waals surface area contributed by atoms with Gasteiger partial charge in [0.25, 0.3) is 0 Å². The van der Waals surface area contributed by atoms with Crippen LogP contribution in [-0.2, 0) is 19.0 Å². The van der Waals surface area contributed by atoms with Crippen LogP contribution in [0.3, 0.4) is 0 Å². The SMILES string of the molecule is COC(=O)C(C)NCCC1OCC(C)(C)CO1. The highest BCUT2D eigenvalue weighted by atomic mass is 16.7. The van der Waals surface area contributed by atoms with Crippen LogP contribution < -0.4 is 5.32 Å². The first kappa shape index (κ1) is 14.4. The molecule has 0 bridgehead atoms. The van der Waals surface area contributed by atoms with Gasteiger partial charge in [-0.3, -0.25) is 4.79 Å². The van der Waals surface area contributed by atoms with Gasteiger partial charge >= 0.3 is 5.97 Å². The Morgan fingerprint density at radius 2 is 2.06 bits per heavy atom. The van der Waals surface area contributed by atoms with Gasteiger partial charge in [0.2, 0.25) is 0 Å². The lowest BCUT2D eigenvalue weighted by atomic mass is 9.95. The van der Waals surface area contributed by atoms with E-state index >= 15 is 0 Å². The van der Waals surface area contributed by atoms with Crippen molar-refractivity contribution in [2.45, 2.75) is 39.5 Å². The first-order valence-corrected chi connectivity index (χ1v) is 5.99. The predicted molar refractivity (Wildman–Crippen MR) is 63.6 cm³/mol. The molecule has 1 atom stereocenters. The van der Waals surface area contributed by atoms with E-state index in [1.54, 1.807) is 6.92 Å². The van der Waals surface area contributed by atoms with Gasteiger partial charge in [-0.05, 0) is 6.92 Å². The minimum absolute atomic E-state index is 0.100. The molecule has 1 unspecified atom stereocenters. The molecule has 1 rings (SSSR count). The van der Waals surface area contributed by atoms with Gasteiger partial charge in [0, 0.05) is 18.4 Å². The third-order valence-electron chi connectivity index (χ3n) is 2.71. The summed E-state index contributed by atoms with van der Waals surface area (Å²) in [7, 11) is 1.38. The van der Waals surface area contributed by atoms with Crippen molar-refractivity contribution in [3.63, 3.8) is 0 Å². The third kappa shape index (κ3) is 5.02. The Bertz CT molecular complexity index is 245.